The van der Waals surface area contributed by atoms with Crippen LogP contribution in [0.1, 0.15) is 5.56 Å². The minimum atomic E-state index is -2.98. The van der Waals surface area contributed by atoms with Gasteiger partial charge in [-0.05, 0) is 24.3 Å². The molecule has 0 aliphatic rings. The molecule has 0 heterocycles. The molecule has 7 heteroatoms. The third-order valence-corrected chi connectivity index (χ3v) is 3.21. The van der Waals surface area contributed by atoms with Gasteiger partial charge in [0.25, 0.3) is 0 Å². The van der Waals surface area contributed by atoms with Gasteiger partial charge in [-0.15, -0.1) is 0 Å². The largest absolute Gasteiger partial charge is 0.493 e. The first-order chi connectivity index (χ1) is 12.0. The van der Waals surface area contributed by atoms with Crippen molar-refractivity contribution in [1.82, 2.24) is 0 Å². The van der Waals surface area contributed by atoms with Crippen molar-refractivity contribution in [1.29, 1.82) is 0 Å². The second-order valence-electron chi connectivity index (χ2n) is 4.78. The number of rotatable bonds is 7. The van der Waals surface area contributed by atoms with Crippen LogP contribution in [0.2, 0.25) is 0 Å². The van der Waals surface area contributed by atoms with Crippen LogP contribution in [0.3, 0.4) is 0 Å². The number of para-hydroxylation sites is 3. The lowest BCUT2D eigenvalue weighted by Gasteiger charge is -2.11. The molecule has 0 fully saturated rings. The van der Waals surface area contributed by atoms with E-state index in [1.165, 1.54) is 44.6 Å². The van der Waals surface area contributed by atoms with E-state index in [9.17, 15) is 13.6 Å². The van der Waals surface area contributed by atoms with Crippen molar-refractivity contribution in [3.05, 3.63) is 54.1 Å². The molecule has 0 radical (unpaired) electrons. The number of alkyl halides is 2. The molecular weight excluding hydrogens is 332 g/mol. The van der Waals surface area contributed by atoms with Crippen molar-refractivity contribution < 1.29 is 27.8 Å². The lowest BCUT2D eigenvalue weighted by Crippen LogP contribution is -2.11. The number of nitrogens with one attached hydrogen (secondary N) is 1. The first kappa shape index (κ1) is 18.3. The van der Waals surface area contributed by atoms with E-state index >= 15 is 0 Å². The van der Waals surface area contributed by atoms with Crippen LogP contribution in [0.4, 0.5) is 14.5 Å². The van der Waals surface area contributed by atoms with E-state index in [1.807, 2.05) is 0 Å². The summed E-state index contributed by atoms with van der Waals surface area (Å²) >= 11 is 0. The van der Waals surface area contributed by atoms with Crippen LogP contribution in [0.15, 0.2) is 48.5 Å². The van der Waals surface area contributed by atoms with Gasteiger partial charge in [0, 0.05) is 11.6 Å². The second kappa shape index (κ2) is 8.68. The highest BCUT2D eigenvalue weighted by atomic mass is 19.3. The Morgan fingerprint density at radius 3 is 2.44 bits per heavy atom. The summed E-state index contributed by atoms with van der Waals surface area (Å²) in [4.78, 5) is 12.1. The Balaban J connectivity index is 2.15. The molecule has 0 aliphatic carbocycles. The van der Waals surface area contributed by atoms with Crippen LogP contribution >= 0.6 is 0 Å². The summed E-state index contributed by atoms with van der Waals surface area (Å²) in [6.45, 7) is -2.98. The zero-order valence-electron chi connectivity index (χ0n) is 13.7. The Hall–Kier alpha value is -3.09. The minimum absolute atomic E-state index is 0.113. The Bertz CT molecular complexity index is 762. The highest BCUT2D eigenvalue weighted by Gasteiger charge is 2.11. The maximum absolute atomic E-state index is 12.4. The van der Waals surface area contributed by atoms with E-state index in [0.717, 1.165) is 0 Å². The predicted molar refractivity (Wildman–Crippen MR) is 90.3 cm³/mol. The van der Waals surface area contributed by atoms with Crippen LogP contribution in [0, 0.1) is 0 Å². The number of anilines is 1. The number of hydrogen-bond acceptors (Lipinski definition) is 4. The van der Waals surface area contributed by atoms with Gasteiger partial charge in [-0.3, -0.25) is 4.79 Å². The van der Waals surface area contributed by atoms with E-state index in [1.54, 1.807) is 24.3 Å². The second-order valence-corrected chi connectivity index (χ2v) is 4.78. The number of carbonyl (C=O) groups is 1. The molecule has 0 saturated heterocycles. The molecule has 0 atom stereocenters. The number of halogens is 2. The first-order valence-electron chi connectivity index (χ1n) is 7.29. The molecule has 0 unspecified atom stereocenters. The van der Waals surface area contributed by atoms with E-state index in [2.05, 4.69) is 10.1 Å². The van der Waals surface area contributed by atoms with E-state index in [-0.39, 0.29) is 11.4 Å². The van der Waals surface area contributed by atoms with Crippen molar-refractivity contribution in [2.45, 2.75) is 6.61 Å². The topological polar surface area (TPSA) is 56.8 Å². The number of amides is 1. The maximum Gasteiger partial charge on any atom is 0.387 e. The van der Waals surface area contributed by atoms with Gasteiger partial charge < -0.3 is 19.5 Å². The summed E-state index contributed by atoms with van der Waals surface area (Å²) in [6, 6.07) is 11.2. The highest BCUT2D eigenvalue weighted by molar-refractivity contribution is 6.03. The highest BCUT2D eigenvalue weighted by Crippen LogP contribution is 2.31. The Labute approximate surface area is 143 Å². The van der Waals surface area contributed by atoms with Crippen molar-refractivity contribution in [3.8, 4) is 17.2 Å². The van der Waals surface area contributed by atoms with E-state index in [0.29, 0.717) is 17.1 Å². The normalized spacial score (nSPS) is 10.8. The van der Waals surface area contributed by atoms with Crippen LogP contribution in [0.5, 0.6) is 17.2 Å². The van der Waals surface area contributed by atoms with Gasteiger partial charge in [-0.2, -0.15) is 8.78 Å². The summed E-state index contributed by atoms with van der Waals surface area (Å²) in [6.07, 6.45) is 2.80. The molecule has 1 amide bonds. The monoisotopic (exact) mass is 349 g/mol. The van der Waals surface area contributed by atoms with E-state index in [4.69, 9.17) is 9.47 Å². The quantitative estimate of drug-likeness (QED) is 0.769. The molecule has 132 valence electrons. The number of ether oxygens (including phenoxy) is 3. The van der Waals surface area contributed by atoms with Gasteiger partial charge in [-0.25, -0.2) is 0 Å². The predicted octanol–water partition coefficient (Wildman–Crippen LogP) is 3.96. The van der Waals surface area contributed by atoms with Gasteiger partial charge in [0.2, 0.25) is 5.91 Å². The molecule has 2 rings (SSSR count). The SMILES string of the molecule is COc1cccc(/C=C/C(=O)Nc2ccccc2OC(F)F)c1OC. The fourth-order valence-corrected chi connectivity index (χ4v) is 2.15. The molecule has 5 nitrogen and oxygen atoms in total. The smallest absolute Gasteiger partial charge is 0.387 e. The number of methoxy groups -OCH3 is 2. The molecule has 2 aromatic rings. The summed E-state index contributed by atoms with van der Waals surface area (Å²) in [5.74, 6) is 0.393. The summed E-state index contributed by atoms with van der Waals surface area (Å²) in [5, 5.41) is 2.50. The molecule has 0 spiro atoms. The third kappa shape index (κ3) is 4.94. The average molecular weight is 349 g/mol. The van der Waals surface area contributed by atoms with Crippen LogP contribution in [-0.4, -0.2) is 26.7 Å². The zero-order valence-corrected chi connectivity index (χ0v) is 13.7. The molecule has 0 bridgehead atoms. The standard InChI is InChI=1S/C18H17F2NO4/c1-23-15-9-5-6-12(17(15)24-2)10-11-16(22)21-13-7-3-4-8-14(13)25-18(19)20/h3-11,18H,1-2H3,(H,21,22)/b11-10+. The molecule has 0 saturated carbocycles. The van der Waals surface area contributed by atoms with Crippen molar-refractivity contribution >= 4 is 17.7 Å². The Kier molecular flexibility index (Phi) is 6.33. The van der Waals surface area contributed by atoms with Crippen molar-refractivity contribution in [2.75, 3.05) is 19.5 Å². The summed E-state index contributed by atoms with van der Waals surface area (Å²) in [7, 11) is 3.01. The van der Waals surface area contributed by atoms with Crippen molar-refractivity contribution in [3.63, 3.8) is 0 Å². The van der Waals surface area contributed by atoms with Gasteiger partial charge in [0.1, 0.15) is 5.75 Å². The fraction of sp³-hybridized carbons (Fsp3) is 0.167. The molecule has 2 aromatic carbocycles. The lowest BCUT2D eigenvalue weighted by molar-refractivity contribution is -0.111. The van der Waals surface area contributed by atoms with Crippen LogP contribution in [-0.2, 0) is 4.79 Å². The lowest BCUT2D eigenvalue weighted by atomic mass is 10.1. The van der Waals surface area contributed by atoms with Gasteiger partial charge >= 0.3 is 6.61 Å². The van der Waals surface area contributed by atoms with Gasteiger partial charge in [0.05, 0.1) is 19.9 Å². The maximum atomic E-state index is 12.4. The third-order valence-electron chi connectivity index (χ3n) is 3.21. The average Bonchev–Trinajstić information content (AvgIpc) is 2.60. The number of benzene rings is 2. The minimum Gasteiger partial charge on any atom is -0.493 e. The molecule has 25 heavy (non-hydrogen) atoms. The fourth-order valence-electron chi connectivity index (χ4n) is 2.15. The summed E-state index contributed by atoms with van der Waals surface area (Å²) < 4.78 is 39.6. The van der Waals surface area contributed by atoms with Crippen molar-refractivity contribution in [2.24, 2.45) is 0 Å². The van der Waals surface area contributed by atoms with Crippen LogP contribution < -0.4 is 19.5 Å². The zero-order chi connectivity index (χ0) is 18.2. The summed E-state index contributed by atoms with van der Waals surface area (Å²) in [5.41, 5.74) is 0.782. The first-order valence-corrected chi connectivity index (χ1v) is 7.29. The Morgan fingerprint density at radius 1 is 1.04 bits per heavy atom. The number of hydrogen-bond donors (Lipinski definition) is 1. The van der Waals surface area contributed by atoms with E-state index < -0.39 is 12.5 Å². The van der Waals surface area contributed by atoms with Crippen LogP contribution in [0.25, 0.3) is 6.08 Å². The Morgan fingerprint density at radius 2 is 1.76 bits per heavy atom. The molecule has 1 N–H and O–H groups in total. The van der Waals surface area contributed by atoms with Gasteiger partial charge in [-0.1, -0.05) is 24.3 Å². The van der Waals surface area contributed by atoms with Gasteiger partial charge in [0.15, 0.2) is 11.5 Å². The number of carbonyl (C=O) groups excluding carboxylic acids is 1. The molecular formula is C18H17F2NO4. The molecule has 0 aromatic heterocycles. The molecule has 0 aliphatic heterocycles.